The molecule has 2 aromatic carbocycles. The zero-order valence-corrected chi connectivity index (χ0v) is 15.5. The fraction of sp³-hybridized carbons (Fsp3) is 0.100. The highest BCUT2D eigenvalue weighted by atomic mass is 35.5. The lowest BCUT2D eigenvalue weighted by Gasteiger charge is -2.13. The average Bonchev–Trinajstić information content (AvgIpc) is 2.67. The van der Waals surface area contributed by atoms with Crippen molar-refractivity contribution in [3.05, 3.63) is 76.8 Å². The molecule has 0 fully saturated rings. The van der Waals surface area contributed by atoms with Crippen LogP contribution < -0.4 is 15.4 Å². The fourth-order valence-electron chi connectivity index (χ4n) is 2.42. The van der Waals surface area contributed by atoms with Gasteiger partial charge >= 0.3 is 0 Å². The lowest BCUT2D eigenvalue weighted by molar-refractivity contribution is 0.102. The molecular formula is C20H17ClFN3O2. The van der Waals surface area contributed by atoms with Gasteiger partial charge in [0.05, 0.1) is 24.7 Å². The smallest absolute Gasteiger partial charge is 0.274 e. The Bertz CT molecular complexity index is 960. The largest absolute Gasteiger partial charge is 0.495 e. The molecular weight excluding hydrogens is 369 g/mol. The van der Waals surface area contributed by atoms with Gasteiger partial charge in [0.2, 0.25) is 0 Å². The topological polar surface area (TPSA) is 63.2 Å². The van der Waals surface area contributed by atoms with E-state index in [4.69, 9.17) is 16.3 Å². The summed E-state index contributed by atoms with van der Waals surface area (Å²) < 4.78 is 18.3. The second-order valence-electron chi connectivity index (χ2n) is 5.82. The van der Waals surface area contributed by atoms with Crippen LogP contribution in [0.15, 0.2) is 54.7 Å². The summed E-state index contributed by atoms with van der Waals surface area (Å²) in [5, 5.41) is 6.47. The van der Waals surface area contributed by atoms with Crippen LogP contribution in [0.25, 0.3) is 0 Å². The predicted octanol–water partition coefficient (Wildman–Crippen LogP) is 5.19. The number of amides is 1. The van der Waals surface area contributed by atoms with Gasteiger partial charge in [0.15, 0.2) is 0 Å². The first kappa shape index (κ1) is 18.7. The van der Waals surface area contributed by atoms with Gasteiger partial charge in [-0.15, -0.1) is 0 Å². The number of nitrogens with zero attached hydrogens (tertiary/aromatic N) is 1. The SMILES string of the molecule is COc1cc(Cl)c(C)cc1Nc1ccc(C(=O)Nc2ccc(F)cc2)nc1. The Kier molecular flexibility index (Phi) is 5.57. The van der Waals surface area contributed by atoms with Gasteiger partial charge in [-0.05, 0) is 55.0 Å². The monoisotopic (exact) mass is 385 g/mol. The van der Waals surface area contributed by atoms with Crippen molar-refractivity contribution in [3.63, 3.8) is 0 Å². The summed E-state index contributed by atoms with van der Waals surface area (Å²) in [6.45, 7) is 1.90. The number of carbonyl (C=O) groups is 1. The van der Waals surface area contributed by atoms with E-state index in [1.807, 2.05) is 13.0 Å². The molecule has 0 aliphatic carbocycles. The van der Waals surface area contributed by atoms with Crippen LogP contribution in [-0.2, 0) is 0 Å². The molecule has 0 aliphatic heterocycles. The summed E-state index contributed by atoms with van der Waals surface area (Å²) in [5.74, 6) is -0.147. The summed E-state index contributed by atoms with van der Waals surface area (Å²) in [6.07, 6.45) is 1.54. The van der Waals surface area contributed by atoms with E-state index in [1.54, 1.807) is 31.5 Å². The van der Waals surface area contributed by atoms with E-state index in [0.29, 0.717) is 22.1 Å². The minimum absolute atomic E-state index is 0.240. The third kappa shape index (κ3) is 4.54. The van der Waals surface area contributed by atoms with E-state index < -0.39 is 0 Å². The maximum absolute atomic E-state index is 12.9. The maximum atomic E-state index is 12.9. The number of anilines is 3. The summed E-state index contributed by atoms with van der Waals surface area (Å²) in [6, 6.07) is 12.4. The molecule has 0 unspecified atom stereocenters. The highest BCUT2D eigenvalue weighted by Crippen LogP contribution is 2.32. The Balaban J connectivity index is 1.73. The van der Waals surface area contributed by atoms with Crippen LogP contribution in [0.4, 0.5) is 21.5 Å². The van der Waals surface area contributed by atoms with Gasteiger partial charge in [-0.3, -0.25) is 4.79 Å². The first-order valence-corrected chi connectivity index (χ1v) is 8.48. The Morgan fingerprint density at radius 1 is 1.11 bits per heavy atom. The lowest BCUT2D eigenvalue weighted by atomic mass is 10.2. The van der Waals surface area contributed by atoms with Crippen molar-refractivity contribution in [2.24, 2.45) is 0 Å². The van der Waals surface area contributed by atoms with E-state index in [2.05, 4.69) is 15.6 Å². The number of hydrogen-bond acceptors (Lipinski definition) is 4. The highest BCUT2D eigenvalue weighted by Gasteiger charge is 2.10. The molecule has 0 radical (unpaired) electrons. The number of ether oxygens (including phenoxy) is 1. The van der Waals surface area contributed by atoms with E-state index >= 15 is 0 Å². The number of nitrogens with one attached hydrogen (secondary N) is 2. The summed E-state index contributed by atoms with van der Waals surface area (Å²) in [7, 11) is 1.56. The van der Waals surface area contributed by atoms with Crippen LogP contribution in [0.3, 0.4) is 0 Å². The zero-order chi connectivity index (χ0) is 19.4. The molecule has 7 heteroatoms. The molecule has 1 amide bonds. The zero-order valence-electron chi connectivity index (χ0n) is 14.7. The van der Waals surface area contributed by atoms with Gasteiger partial charge in [0.1, 0.15) is 17.3 Å². The van der Waals surface area contributed by atoms with Crippen LogP contribution in [0, 0.1) is 12.7 Å². The molecule has 27 heavy (non-hydrogen) atoms. The number of benzene rings is 2. The molecule has 1 aromatic heterocycles. The molecule has 138 valence electrons. The second-order valence-corrected chi connectivity index (χ2v) is 6.23. The standard InChI is InChI=1S/C20H17ClFN3O2/c1-12-9-18(19(27-2)10-16(12)21)24-15-7-8-17(23-11-15)20(26)25-14-5-3-13(22)4-6-14/h3-11,24H,1-2H3,(H,25,26). The van der Waals surface area contributed by atoms with Crippen LogP contribution in [0.1, 0.15) is 16.1 Å². The van der Waals surface area contributed by atoms with E-state index in [0.717, 1.165) is 11.3 Å². The summed E-state index contributed by atoms with van der Waals surface area (Å²) in [5.41, 5.74) is 3.07. The molecule has 5 nitrogen and oxygen atoms in total. The van der Waals surface area contributed by atoms with Crippen molar-refractivity contribution in [1.29, 1.82) is 0 Å². The normalized spacial score (nSPS) is 10.4. The Morgan fingerprint density at radius 3 is 2.44 bits per heavy atom. The quantitative estimate of drug-likeness (QED) is 0.634. The Hall–Kier alpha value is -3.12. The average molecular weight is 386 g/mol. The third-order valence-corrected chi connectivity index (χ3v) is 4.27. The molecule has 0 saturated carbocycles. The molecule has 0 bridgehead atoms. The van der Waals surface area contributed by atoms with Gasteiger partial charge in [-0.25, -0.2) is 9.37 Å². The number of halogens is 2. The Morgan fingerprint density at radius 2 is 1.81 bits per heavy atom. The third-order valence-electron chi connectivity index (χ3n) is 3.86. The number of carbonyl (C=O) groups excluding carboxylic acids is 1. The lowest BCUT2D eigenvalue weighted by Crippen LogP contribution is -2.13. The maximum Gasteiger partial charge on any atom is 0.274 e. The highest BCUT2D eigenvalue weighted by molar-refractivity contribution is 6.31. The molecule has 3 aromatic rings. The number of pyridine rings is 1. The van der Waals surface area contributed by atoms with Gasteiger partial charge in [-0.2, -0.15) is 0 Å². The van der Waals surface area contributed by atoms with E-state index in [1.165, 1.54) is 24.3 Å². The first-order valence-electron chi connectivity index (χ1n) is 8.10. The van der Waals surface area contributed by atoms with E-state index in [-0.39, 0.29) is 17.4 Å². The predicted molar refractivity (Wildman–Crippen MR) is 105 cm³/mol. The Labute approximate surface area is 161 Å². The van der Waals surface area contributed by atoms with Crippen molar-refractivity contribution in [1.82, 2.24) is 4.98 Å². The van der Waals surface area contributed by atoms with Gasteiger partial charge in [0.25, 0.3) is 5.91 Å². The summed E-state index contributed by atoms with van der Waals surface area (Å²) >= 11 is 6.11. The van der Waals surface area contributed by atoms with Crippen LogP contribution >= 0.6 is 11.6 Å². The first-order chi connectivity index (χ1) is 13.0. The fourth-order valence-corrected chi connectivity index (χ4v) is 2.57. The number of aromatic nitrogens is 1. The molecule has 3 rings (SSSR count). The molecule has 2 N–H and O–H groups in total. The van der Waals surface area contributed by atoms with Crippen molar-refractivity contribution >= 4 is 34.6 Å². The number of methoxy groups -OCH3 is 1. The molecule has 0 atom stereocenters. The molecule has 0 aliphatic rings. The molecule has 0 saturated heterocycles. The van der Waals surface area contributed by atoms with Crippen molar-refractivity contribution in [3.8, 4) is 5.75 Å². The van der Waals surface area contributed by atoms with E-state index in [9.17, 15) is 9.18 Å². The van der Waals surface area contributed by atoms with Crippen molar-refractivity contribution in [2.45, 2.75) is 6.92 Å². The minimum atomic E-state index is -0.381. The van der Waals surface area contributed by atoms with Crippen molar-refractivity contribution in [2.75, 3.05) is 17.7 Å². The van der Waals surface area contributed by atoms with Gasteiger partial charge in [-0.1, -0.05) is 11.6 Å². The van der Waals surface area contributed by atoms with Gasteiger partial charge in [0, 0.05) is 16.8 Å². The molecule has 0 spiro atoms. The van der Waals surface area contributed by atoms with Crippen molar-refractivity contribution < 1.29 is 13.9 Å². The second kappa shape index (κ2) is 8.05. The minimum Gasteiger partial charge on any atom is -0.495 e. The van der Waals surface area contributed by atoms with Gasteiger partial charge < -0.3 is 15.4 Å². The molecule has 1 heterocycles. The van der Waals surface area contributed by atoms with Crippen LogP contribution in [0.2, 0.25) is 5.02 Å². The number of aryl methyl sites for hydroxylation is 1. The van der Waals surface area contributed by atoms with Crippen LogP contribution in [0.5, 0.6) is 5.75 Å². The van der Waals surface area contributed by atoms with Crippen LogP contribution in [-0.4, -0.2) is 18.0 Å². The summed E-state index contributed by atoms with van der Waals surface area (Å²) in [4.78, 5) is 16.4. The number of hydrogen-bond donors (Lipinski definition) is 2. The number of rotatable bonds is 5.